The van der Waals surface area contributed by atoms with Gasteiger partial charge in [-0.05, 0) is 25.8 Å². The molecule has 1 aromatic rings. The molecule has 1 aromatic heterocycles. The maximum absolute atomic E-state index is 5.63. The van der Waals surface area contributed by atoms with Crippen LogP contribution in [-0.2, 0) is 6.42 Å². The molecule has 1 heterocycles. The largest absolute Gasteiger partial charge is 0.446 e. The molecule has 0 atom stereocenters. The summed E-state index contributed by atoms with van der Waals surface area (Å²) in [5.41, 5.74) is 6.68. The Hall–Kier alpha value is -0.830. The lowest BCUT2D eigenvalue weighted by Gasteiger charge is -2.19. The van der Waals surface area contributed by atoms with Crippen molar-refractivity contribution < 1.29 is 4.42 Å². The molecule has 3 nitrogen and oxygen atoms in total. The minimum absolute atomic E-state index is 0.0731. The highest BCUT2D eigenvalue weighted by molar-refractivity contribution is 5.06. The Balaban J connectivity index is 2.75. The van der Waals surface area contributed by atoms with Gasteiger partial charge in [0.1, 0.15) is 5.76 Å². The van der Waals surface area contributed by atoms with Crippen LogP contribution >= 0.6 is 0 Å². The predicted octanol–water partition coefficient (Wildman–Crippen LogP) is 1.82. The highest BCUT2D eigenvalue weighted by Crippen LogP contribution is 2.20. The third kappa shape index (κ3) is 2.56. The first kappa shape index (κ1) is 10.3. The summed E-state index contributed by atoms with van der Waals surface area (Å²) in [4.78, 5) is 4.32. The lowest BCUT2D eigenvalue weighted by molar-refractivity contribution is 0.327. The van der Waals surface area contributed by atoms with Crippen molar-refractivity contribution in [2.75, 3.05) is 6.54 Å². The van der Waals surface area contributed by atoms with Gasteiger partial charge in [0.25, 0.3) is 0 Å². The second-order valence-corrected chi connectivity index (χ2v) is 4.29. The molecule has 3 heteroatoms. The van der Waals surface area contributed by atoms with Crippen LogP contribution in [-0.4, -0.2) is 11.5 Å². The highest BCUT2D eigenvalue weighted by Gasteiger charge is 2.19. The Morgan fingerprint density at radius 3 is 2.38 bits per heavy atom. The Morgan fingerprint density at radius 1 is 1.38 bits per heavy atom. The minimum atomic E-state index is 0.0731. The summed E-state index contributed by atoms with van der Waals surface area (Å²) in [5.74, 6) is 1.70. The molecule has 0 spiro atoms. The van der Waals surface area contributed by atoms with E-state index in [-0.39, 0.29) is 5.41 Å². The normalized spacial score (nSPS) is 12.1. The van der Waals surface area contributed by atoms with Gasteiger partial charge in [-0.1, -0.05) is 13.8 Å². The van der Waals surface area contributed by atoms with E-state index < -0.39 is 0 Å². The molecule has 0 aromatic carbocycles. The van der Waals surface area contributed by atoms with Crippen molar-refractivity contribution in [2.45, 2.75) is 34.1 Å². The molecule has 0 aliphatic heterocycles. The first-order valence-electron chi connectivity index (χ1n) is 4.57. The monoisotopic (exact) mass is 182 g/mol. The SMILES string of the molecule is Cc1nc(CC(C)(C)CN)oc1C. The van der Waals surface area contributed by atoms with E-state index in [0.29, 0.717) is 6.54 Å². The summed E-state index contributed by atoms with van der Waals surface area (Å²) in [6.45, 7) is 8.76. The van der Waals surface area contributed by atoms with Gasteiger partial charge in [-0.15, -0.1) is 0 Å². The number of oxazole rings is 1. The van der Waals surface area contributed by atoms with Crippen molar-refractivity contribution in [3.63, 3.8) is 0 Å². The Labute approximate surface area is 79.3 Å². The average Bonchev–Trinajstić information content (AvgIpc) is 2.30. The van der Waals surface area contributed by atoms with E-state index >= 15 is 0 Å². The first-order valence-corrected chi connectivity index (χ1v) is 4.57. The van der Waals surface area contributed by atoms with E-state index in [1.807, 2.05) is 13.8 Å². The second kappa shape index (κ2) is 3.50. The standard InChI is InChI=1S/C10H18N2O/c1-7-8(2)13-9(12-7)5-10(3,4)6-11/h5-6,11H2,1-4H3. The van der Waals surface area contributed by atoms with Gasteiger partial charge in [0.15, 0.2) is 5.89 Å². The van der Waals surface area contributed by atoms with E-state index in [1.165, 1.54) is 0 Å². The van der Waals surface area contributed by atoms with Gasteiger partial charge in [0, 0.05) is 6.42 Å². The zero-order chi connectivity index (χ0) is 10.1. The van der Waals surface area contributed by atoms with Crippen LogP contribution in [0.15, 0.2) is 4.42 Å². The lowest BCUT2D eigenvalue weighted by atomic mass is 9.90. The van der Waals surface area contributed by atoms with Gasteiger partial charge >= 0.3 is 0 Å². The average molecular weight is 182 g/mol. The van der Waals surface area contributed by atoms with Crippen LogP contribution < -0.4 is 5.73 Å². The summed E-state index contributed by atoms with van der Waals surface area (Å²) in [7, 11) is 0. The first-order chi connectivity index (χ1) is 5.94. The number of hydrogen-bond donors (Lipinski definition) is 1. The fourth-order valence-corrected chi connectivity index (χ4v) is 1.10. The van der Waals surface area contributed by atoms with Gasteiger partial charge < -0.3 is 10.2 Å². The minimum Gasteiger partial charge on any atom is -0.446 e. The smallest absolute Gasteiger partial charge is 0.195 e. The molecule has 0 fully saturated rings. The number of aromatic nitrogens is 1. The molecule has 1 rings (SSSR count). The van der Waals surface area contributed by atoms with Gasteiger partial charge in [0.2, 0.25) is 0 Å². The molecule has 0 saturated carbocycles. The molecule has 0 aliphatic rings. The summed E-state index contributed by atoms with van der Waals surface area (Å²) in [6, 6.07) is 0. The summed E-state index contributed by atoms with van der Waals surface area (Å²) in [6.07, 6.45) is 0.804. The molecular formula is C10H18N2O. The van der Waals surface area contributed by atoms with Crippen LogP contribution in [0.25, 0.3) is 0 Å². The maximum atomic E-state index is 5.63. The molecule has 74 valence electrons. The molecule has 0 saturated heterocycles. The van der Waals surface area contributed by atoms with Crippen molar-refractivity contribution in [3.05, 3.63) is 17.3 Å². The van der Waals surface area contributed by atoms with Crippen LogP contribution in [0.5, 0.6) is 0 Å². The third-order valence-electron chi connectivity index (χ3n) is 2.26. The number of nitrogens with zero attached hydrogens (tertiary/aromatic N) is 1. The Kier molecular flexibility index (Phi) is 2.76. The second-order valence-electron chi connectivity index (χ2n) is 4.29. The summed E-state index contributed by atoms with van der Waals surface area (Å²) < 4.78 is 5.49. The van der Waals surface area contributed by atoms with Crippen molar-refractivity contribution in [3.8, 4) is 0 Å². The van der Waals surface area contributed by atoms with Gasteiger partial charge in [-0.3, -0.25) is 0 Å². The lowest BCUT2D eigenvalue weighted by Crippen LogP contribution is -2.26. The molecule has 0 aliphatic carbocycles. The van der Waals surface area contributed by atoms with Crippen molar-refractivity contribution in [1.82, 2.24) is 4.98 Å². The quantitative estimate of drug-likeness (QED) is 0.775. The van der Waals surface area contributed by atoms with Gasteiger partial charge in [-0.2, -0.15) is 0 Å². The van der Waals surface area contributed by atoms with Crippen LogP contribution in [0.1, 0.15) is 31.2 Å². The highest BCUT2D eigenvalue weighted by atomic mass is 16.4. The maximum Gasteiger partial charge on any atom is 0.195 e. The molecule has 0 amide bonds. The van der Waals surface area contributed by atoms with Crippen LogP contribution in [0.2, 0.25) is 0 Å². The van der Waals surface area contributed by atoms with Crippen molar-refractivity contribution >= 4 is 0 Å². The predicted molar refractivity (Wildman–Crippen MR) is 52.5 cm³/mol. The number of rotatable bonds is 3. The fraction of sp³-hybridized carbons (Fsp3) is 0.700. The Bertz CT molecular complexity index is 270. The molecule has 0 unspecified atom stereocenters. The zero-order valence-electron chi connectivity index (χ0n) is 8.85. The zero-order valence-corrected chi connectivity index (χ0v) is 8.85. The molecule has 2 N–H and O–H groups in total. The van der Waals surface area contributed by atoms with Crippen molar-refractivity contribution in [2.24, 2.45) is 11.1 Å². The van der Waals surface area contributed by atoms with Crippen molar-refractivity contribution in [1.29, 1.82) is 0 Å². The van der Waals surface area contributed by atoms with Gasteiger partial charge in [-0.25, -0.2) is 4.98 Å². The van der Waals surface area contributed by atoms with E-state index in [0.717, 1.165) is 23.8 Å². The van der Waals surface area contributed by atoms with Crippen LogP contribution in [0.3, 0.4) is 0 Å². The van der Waals surface area contributed by atoms with Crippen LogP contribution in [0.4, 0.5) is 0 Å². The Morgan fingerprint density at radius 2 is 2.00 bits per heavy atom. The van der Waals surface area contributed by atoms with E-state index in [1.54, 1.807) is 0 Å². The molecule has 0 radical (unpaired) electrons. The van der Waals surface area contributed by atoms with Gasteiger partial charge in [0.05, 0.1) is 5.69 Å². The van der Waals surface area contributed by atoms with E-state index in [9.17, 15) is 0 Å². The summed E-state index contributed by atoms with van der Waals surface area (Å²) in [5, 5.41) is 0. The van der Waals surface area contributed by atoms with E-state index in [2.05, 4.69) is 18.8 Å². The summed E-state index contributed by atoms with van der Waals surface area (Å²) >= 11 is 0. The number of aryl methyl sites for hydroxylation is 2. The molecule has 13 heavy (non-hydrogen) atoms. The number of hydrogen-bond acceptors (Lipinski definition) is 3. The third-order valence-corrected chi connectivity index (χ3v) is 2.26. The van der Waals surface area contributed by atoms with E-state index in [4.69, 9.17) is 10.2 Å². The molecular weight excluding hydrogens is 164 g/mol. The molecule has 0 bridgehead atoms. The number of nitrogens with two attached hydrogens (primary N) is 1. The fourth-order valence-electron chi connectivity index (χ4n) is 1.10. The van der Waals surface area contributed by atoms with Crippen LogP contribution in [0, 0.1) is 19.3 Å². The topological polar surface area (TPSA) is 52.0 Å².